The smallest absolute Gasteiger partial charge is 0.337 e. The number of aromatic nitrogens is 4. The zero-order valence-electron chi connectivity index (χ0n) is 22.4. The number of likely N-dealkylation sites (tertiary alicyclic amines) is 1. The lowest BCUT2D eigenvalue weighted by Crippen LogP contribution is -2.33. The van der Waals surface area contributed by atoms with Gasteiger partial charge in [-0.15, -0.1) is 0 Å². The molecule has 0 spiro atoms. The number of fused-ring (bicyclic) bond motifs is 1. The van der Waals surface area contributed by atoms with Crippen LogP contribution in [0, 0.1) is 17.1 Å². The first-order valence-electron chi connectivity index (χ1n) is 13.7. The van der Waals surface area contributed by atoms with Gasteiger partial charge in [-0.25, -0.2) is 14.2 Å². The standard InChI is InChI=1S/C30H29FN6O4/c31-25-12-19(15-32)4-5-21(25)18-41-29-3-1-2-26(34-29)20-6-9-36(10-7-20)17-27-24(14-23-8-11-40-23)28-13-22(30(38)39)16-33-37(28)35-27/h1-5,12-13,16,20,23H,6-11,14,17-18H2,(H,38,39). The molecule has 10 nitrogen and oxygen atoms in total. The van der Waals surface area contributed by atoms with Crippen LogP contribution in [0.4, 0.5) is 4.39 Å². The zero-order chi connectivity index (χ0) is 28.3. The number of nitrogens with zero attached hydrogens (tertiary/aromatic N) is 6. The SMILES string of the molecule is N#Cc1ccc(COc2cccc(C3CCN(Cc4nn5ncc(C(=O)O)cc5c4CC4CCO4)CC3)n2)c(F)c1. The minimum atomic E-state index is -1.01. The summed E-state index contributed by atoms with van der Waals surface area (Å²) in [5.74, 6) is -0.778. The number of benzene rings is 1. The zero-order valence-corrected chi connectivity index (χ0v) is 22.4. The lowest BCUT2D eigenvalue weighted by atomic mass is 9.92. The van der Waals surface area contributed by atoms with Crippen molar-refractivity contribution in [1.82, 2.24) is 24.7 Å². The highest BCUT2D eigenvalue weighted by molar-refractivity contribution is 5.88. The van der Waals surface area contributed by atoms with Crippen LogP contribution >= 0.6 is 0 Å². The normalized spacial score (nSPS) is 17.7. The Labute approximate surface area is 235 Å². The number of hydrogen-bond donors (Lipinski definition) is 1. The van der Waals surface area contributed by atoms with Gasteiger partial charge in [-0.2, -0.15) is 20.1 Å². The summed E-state index contributed by atoms with van der Waals surface area (Å²) in [5.41, 5.74) is 4.34. The predicted molar refractivity (Wildman–Crippen MR) is 145 cm³/mol. The molecule has 0 amide bonds. The number of ether oxygens (including phenoxy) is 2. The molecule has 1 unspecified atom stereocenters. The van der Waals surface area contributed by atoms with Gasteiger partial charge in [0.2, 0.25) is 5.88 Å². The summed E-state index contributed by atoms with van der Waals surface area (Å²) in [7, 11) is 0. The number of carboxylic acid groups (broad SMARTS) is 1. The van der Waals surface area contributed by atoms with Crippen LogP contribution in [0.5, 0.6) is 5.88 Å². The van der Waals surface area contributed by atoms with Gasteiger partial charge in [-0.3, -0.25) is 4.90 Å². The van der Waals surface area contributed by atoms with Crippen molar-refractivity contribution in [2.75, 3.05) is 19.7 Å². The molecule has 210 valence electrons. The number of rotatable bonds is 9. The Bertz CT molecular complexity index is 1620. The van der Waals surface area contributed by atoms with E-state index in [0.717, 1.165) is 55.9 Å². The summed E-state index contributed by atoms with van der Waals surface area (Å²) in [6.45, 7) is 3.14. The van der Waals surface area contributed by atoms with Crippen molar-refractivity contribution in [2.45, 2.75) is 50.9 Å². The van der Waals surface area contributed by atoms with Crippen LogP contribution in [0.25, 0.3) is 5.52 Å². The van der Waals surface area contributed by atoms with Gasteiger partial charge in [0, 0.05) is 48.4 Å². The molecule has 1 atom stereocenters. The molecule has 3 aromatic heterocycles. The Morgan fingerprint density at radius 2 is 2.02 bits per heavy atom. The summed E-state index contributed by atoms with van der Waals surface area (Å²) in [5, 5.41) is 27.3. The van der Waals surface area contributed by atoms with Crippen molar-refractivity contribution < 1.29 is 23.8 Å². The number of nitriles is 1. The molecule has 1 aromatic carbocycles. The van der Waals surface area contributed by atoms with Gasteiger partial charge in [0.05, 0.1) is 40.7 Å². The molecule has 2 aliphatic heterocycles. The van der Waals surface area contributed by atoms with Crippen molar-refractivity contribution in [1.29, 1.82) is 5.26 Å². The van der Waals surface area contributed by atoms with Crippen LogP contribution in [0.15, 0.2) is 48.7 Å². The van der Waals surface area contributed by atoms with Gasteiger partial charge < -0.3 is 14.6 Å². The lowest BCUT2D eigenvalue weighted by molar-refractivity contribution is -0.0491. The topological polar surface area (TPSA) is 126 Å². The highest BCUT2D eigenvalue weighted by Crippen LogP contribution is 2.30. The summed E-state index contributed by atoms with van der Waals surface area (Å²) in [6.07, 6.45) is 4.94. The van der Waals surface area contributed by atoms with E-state index in [0.29, 0.717) is 29.9 Å². The first-order valence-corrected chi connectivity index (χ1v) is 13.7. The van der Waals surface area contributed by atoms with Gasteiger partial charge in [0.1, 0.15) is 12.4 Å². The third-order valence-corrected chi connectivity index (χ3v) is 7.84. The number of aromatic carboxylic acids is 1. The van der Waals surface area contributed by atoms with Gasteiger partial charge in [-0.05, 0) is 56.6 Å². The molecule has 2 aliphatic rings. The second-order valence-corrected chi connectivity index (χ2v) is 10.5. The fourth-order valence-corrected chi connectivity index (χ4v) is 5.39. The molecule has 0 bridgehead atoms. The Morgan fingerprint density at radius 3 is 2.73 bits per heavy atom. The van der Waals surface area contributed by atoms with E-state index in [9.17, 15) is 14.3 Å². The van der Waals surface area contributed by atoms with Gasteiger partial charge in [0.15, 0.2) is 0 Å². The molecule has 5 heterocycles. The summed E-state index contributed by atoms with van der Waals surface area (Å²) in [4.78, 5) is 18.6. The van der Waals surface area contributed by atoms with Crippen LogP contribution < -0.4 is 4.74 Å². The van der Waals surface area contributed by atoms with E-state index in [1.165, 1.54) is 16.9 Å². The summed E-state index contributed by atoms with van der Waals surface area (Å²) >= 11 is 0. The van der Waals surface area contributed by atoms with Crippen LogP contribution in [-0.2, 0) is 24.3 Å². The highest BCUT2D eigenvalue weighted by atomic mass is 19.1. The average molecular weight is 557 g/mol. The summed E-state index contributed by atoms with van der Waals surface area (Å²) in [6, 6.07) is 13.6. The number of carboxylic acids is 1. The molecule has 0 radical (unpaired) electrons. The maximum Gasteiger partial charge on any atom is 0.337 e. The van der Waals surface area contributed by atoms with E-state index in [-0.39, 0.29) is 29.8 Å². The first kappa shape index (κ1) is 26.8. The quantitative estimate of drug-likeness (QED) is 0.324. The monoisotopic (exact) mass is 556 g/mol. The Morgan fingerprint density at radius 1 is 1.20 bits per heavy atom. The molecule has 1 N–H and O–H groups in total. The van der Waals surface area contributed by atoms with E-state index in [1.54, 1.807) is 24.3 Å². The minimum absolute atomic E-state index is 0.0303. The van der Waals surface area contributed by atoms with Crippen molar-refractivity contribution in [3.05, 3.63) is 88.1 Å². The third-order valence-electron chi connectivity index (χ3n) is 7.84. The Kier molecular flexibility index (Phi) is 7.59. The molecule has 4 aromatic rings. The lowest BCUT2D eigenvalue weighted by Gasteiger charge is -2.32. The molecular weight excluding hydrogens is 527 g/mol. The van der Waals surface area contributed by atoms with Crippen LogP contribution in [0.3, 0.4) is 0 Å². The van der Waals surface area contributed by atoms with Gasteiger partial charge in [-0.1, -0.05) is 12.1 Å². The molecular formula is C30H29FN6O4. The second kappa shape index (κ2) is 11.6. The highest BCUT2D eigenvalue weighted by Gasteiger charge is 2.27. The van der Waals surface area contributed by atoms with Crippen LogP contribution in [0.2, 0.25) is 0 Å². The third kappa shape index (κ3) is 5.89. The van der Waals surface area contributed by atoms with Gasteiger partial charge in [0.25, 0.3) is 0 Å². The summed E-state index contributed by atoms with van der Waals surface area (Å²) < 4.78 is 27.2. The maximum absolute atomic E-state index is 14.2. The van der Waals surface area contributed by atoms with Crippen molar-refractivity contribution in [3.63, 3.8) is 0 Å². The fourth-order valence-electron chi connectivity index (χ4n) is 5.39. The minimum Gasteiger partial charge on any atom is -0.478 e. The molecule has 0 aliphatic carbocycles. The Balaban J connectivity index is 1.10. The first-order chi connectivity index (χ1) is 20.0. The van der Waals surface area contributed by atoms with Crippen molar-refractivity contribution >= 4 is 11.5 Å². The molecule has 41 heavy (non-hydrogen) atoms. The van der Waals surface area contributed by atoms with Crippen molar-refractivity contribution in [2.24, 2.45) is 0 Å². The van der Waals surface area contributed by atoms with Crippen LogP contribution in [-0.4, -0.2) is 61.6 Å². The van der Waals surface area contributed by atoms with E-state index >= 15 is 0 Å². The van der Waals surface area contributed by atoms with E-state index in [1.807, 2.05) is 18.2 Å². The molecule has 2 saturated heterocycles. The number of pyridine rings is 1. The largest absolute Gasteiger partial charge is 0.478 e. The number of carbonyl (C=O) groups is 1. The average Bonchev–Trinajstić information content (AvgIpc) is 3.30. The fraction of sp³-hybridized carbons (Fsp3) is 0.367. The van der Waals surface area contributed by atoms with E-state index < -0.39 is 11.8 Å². The van der Waals surface area contributed by atoms with E-state index in [4.69, 9.17) is 24.8 Å². The number of halogens is 1. The van der Waals surface area contributed by atoms with Gasteiger partial charge >= 0.3 is 5.97 Å². The van der Waals surface area contributed by atoms with Crippen LogP contribution in [0.1, 0.15) is 63.6 Å². The maximum atomic E-state index is 14.2. The second-order valence-electron chi connectivity index (χ2n) is 10.5. The number of piperidine rings is 1. The molecule has 0 saturated carbocycles. The molecule has 2 fully saturated rings. The Hall–Kier alpha value is -4.40. The predicted octanol–water partition coefficient (Wildman–Crippen LogP) is 4.12. The molecule has 11 heteroatoms. The number of hydrogen-bond acceptors (Lipinski definition) is 8. The van der Waals surface area contributed by atoms with Crippen molar-refractivity contribution in [3.8, 4) is 11.9 Å². The molecule has 6 rings (SSSR count). The van der Waals surface area contributed by atoms with E-state index in [2.05, 4.69) is 10.00 Å².